The molecule has 8 nitrogen and oxygen atoms in total. The molecule has 0 aromatic rings. The lowest BCUT2D eigenvalue weighted by atomic mass is 9.71. The minimum Gasteiger partial charge on any atom is -0.353 e. The average Bonchev–Trinajstić information content (AvgIpc) is 3.13. The van der Waals surface area contributed by atoms with Crippen LogP contribution in [0.4, 0.5) is 0 Å². The van der Waals surface area contributed by atoms with Gasteiger partial charge < -0.3 is 21.3 Å². The van der Waals surface area contributed by atoms with E-state index < -0.39 is 0 Å². The fraction of sp³-hybridized carbons (Fsp3) is 0.700. The molecule has 6 aliphatic carbocycles. The lowest BCUT2D eigenvalue weighted by Gasteiger charge is -2.39. The molecule has 8 heteroatoms. The summed E-state index contributed by atoms with van der Waals surface area (Å²) in [5.74, 6) is 0.818. The van der Waals surface area contributed by atoms with Crippen molar-refractivity contribution in [2.75, 3.05) is 0 Å². The third-order valence-corrected chi connectivity index (χ3v) is 12.1. The SMILES string of the molecule is O=C(NC1CCCCC1)C1=CC(C(=O)NC2CCCC(C3CCCC(NC(=O)C4=CC=C(C(=O)NC5CCCCC5)CC4)C3)C2)CC=C1. The van der Waals surface area contributed by atoms with Crippen LogP contribution in [0, 0.1) is 17.8 Å². The number of amides is 4. The van der Waals surface area contributed by atoms with Crippen molar-refractivity contribution >= 4 is 23.6 Å². The van der Waals surface area contributed by atoms with Crippen molar-refractivity contribution in [2.24, 2.45) is 17.8 Å². The summed E-state index contributed by atoms with van der Waals surface area (Å²) >= 11 is 0. The monoisotopic (exact) mass is 658 g/mol. The number of allylic oxidation sites excluding steroid dienone is 3. The summed E-state index contributed by atoms with van der Waals surface area (Å²) in [5.41, 5.74) is 2.17. The Morgan fingerprint density at radius 3 is 1.54 bits per heavy atom. The molecular formula is C40H58N4O4. The molecule has 0 heterocycles. The van der Waals surface area contributed by atoms with Crippen molar-refractivity contribution < 1.29 is 19.2 Å². The zero-order valence-electron chi connectivity index (χ0n) is 28.9. The summed E-state index contributed by atoms with van der Waals surface area (Å²) in [4.78, 5) is 52.3. The minimum atomic E-state index is -0.303. The van der Waals surface area contributed by atoms with E-state index in [0.29, 0.717) is 42.7 Å². The zero-order chi connectivity index (χ0) is 33.3. The van der Waals surface area contributed by atoms with Crippen LogP contribution in [0.15, 0.2) is 47.1 Å². The number of rotatable bonds is 9. The highest BCUT2D eigenvalue weighted by Gasteiger charge is 2.34. The normalized spacial score (nSPS) is 30.2. The molecule has 4 fully saturated rings. The molecule has 6 aliphatic rings. The molecule has 4 amide bonds. The number of hydrogen-bond acceptors (Lipinski definition) is 4. The lowest BCUT2D eigenvalue weighted by molar-refractivity contribution is -0.125. The van der Waals surface area contributed by atoms with Crippen LogP contribution in [-0.4, -0.2) is 47.8 Å². The molecule has 4 saturated carbocycles. The maximum absolute atomic E-state index is 13.4. The van der Waals surface area contributed by atoms with Crippen LogP contribution < -0.4 is 21.3 Å². The quantitative estimate of drug-likeness (QED) is 0.230. The van der Waals surface area contributed by atoms with Gasteiger partial charge in [-0.2, -0.15) is 0 Å². The second kappa shape index (κ2) is 17.0. The minimum absolute atomic E-state index is 0.0128. The van der Waals surface area contributed by atoms with Crippen molar-refractivity contribution in [3.05, 3.63) is 47.1 Å². The Morgan fingerprint density at radius 1 is 0.521 bits per heavy atom. The van der Waals surface area contributed by atoms with E-state index in [1.807, 2.05) is 30.4 Å². The van der Waals surface area contributed by atoms with Gasteiger partial charge in [0.15, 0.2) is 0 Å². The van der Waals surface area contributed by atoms with Crippen molar-refractivity contribution in [2.45, 2.75) is 159 Å². The van der Waals surface area contributed by atoms with Crippen molar-refractivity contribution in [1.29, 1.82) is 0 Å². The van der Waals surface area contributed by atoms with Crippen LogP contribution >= 0.6 is 0 Å². The van der Waals surface area contributed by atoms with Crippen molar-refractivity contribution in [3.63, 3.8) is 0 Å². The predicted molar refractivity (Wildman–Crippen MR) is 189 cm³/mol. The average molecular weight is 659 g/mol. The van der Waals surface area contributed by atoms with Gasteiger partial charge in [0, 0.05) is 40.9 Å². The van der Waals surface area contributed by atoms with Gasteiger partial charge in [0.2, 0.25) is 17.7 Å². The van der Waals surface area contributed by atoms with Crippen LogP contribution in [0.25, 0.3) is 0 Å². The lowest BCUT2D eigenvalue weighted by Crippen LogP contribution is -2.45. The van der Waals surface area contributed by atoms with Gasteiger partial charge in [-0.1, -0.05) is 94.6 Å². The molecule has 0 aromatic heterocycles. The molecule has 0 spiro atoms. The van der Waals surface area contributed by atoms with Gasteiger partial charge in [-0.3, -0.25) is 19.2 Å². The van der Waals surface area contributed by atoms with Gasteiger partial charge in [0.1, 0.15) is 0 Å². The fourth-order valence-corrected chi connectivity index (χ4v) is 9.23. The first-order valence-corrected chi connectivity index (χ1v) is 19.4. The second-order valence-corrected chi connectivity index (χ2v) is 15.6. The highest BCUT2D eigenvalue weighted by molar-refractivity contribution is 5.98. The Morgan fingerprint density at radius 2 is 1.00 bits per heavy atom. The van der Waals surface area contributed by atoms with Gasteiger partial charge >= 0.3 is 0 Å². The summed E-state index contributed by atoms with van der Waals surface area (Å²) < 4.78 is 0. The first-order chi connectivity index (χ1) is 23.4. The molecule has 6 rings (SSSR count). The largest absolute Gasteiger partial charge is 0.353 e. The van der Waals surface area contributed by atoms with E-state index in [-0.39, 0.29) is 47.7 Å². The summed E-state index contributed by atoms with van der Waals surface area (Å²) in [6.07, 6.45) is 31.3. The Kier molecular flexibility index (Phi) is 12.3. The molecule has 0 saturated heterocycles. The molecule has 0 aromatic carbocycles. The summed E-state index contributed by atoms with van der Waals surface area (Å²) in [6.45, 7) is 0. The molecule has 5 unspecified atom stereocenters. The van der Waals surface area contributed by atoms with E-state index in [2.05, 4.69) is 21.3 Å². The van der Waals surface area contributed by atoms with Crippen molar-refractivity contribution in [3.8, 4) is 0 Å². The first kappa shape index (κ1) is 34.7. The Hall–Kier alpha value is -3.16. The molecule has 0 bridgehead atoms. The van der Waals surface area contributed by atoms with E-state index in [4.69, 9.17) is 0 Å². The Balaban J connectivity index is 0.955. The Labute approximate surface area is 287 Å². The second-order valence-electron chi connectivity index (χ2n) is 15.6. The van der Waals surface area contributed by atoms with E-state index >= 15 is 0 Å². The van der Waals surface area contributed by atoms with Crippen molar-refractivity contribution in [1.82, 2.24) is 21.3 Å². The number of carbonyl (C=O) groups is 4. The highest BCUT2D eigenvalue weighted by Crippen LogP contribution is 2.39. The maximum atomic E-state index is 13.4. The van der Waals surface area contributed by atoms with Crippen LogP contribution in [0.2, 0.25) is 0 Å². The first-order valence-electron chi connectivity index (χ1n) is 19.4. The molecule has 5 atom stereocenters. The zero-order valence-corrected chi connectivity index (χ0v) is 28.9. The van der Waals surface area contributed by atoms with E-state index in [1.54, 1.807) is 0 Å². The van der Waals surface area contributed by atoms with Crippen LogP contribution in [0.1, 0.15) is 135 Å². The van der Waals surface area contributed by atoms with Gasteiger partial charge in [-0.25, -0.2) is 0 Å². The van der Waals surface area contributed by atoms with Gasteiger partial charge in [-0.15, -0.1) is 0 Å². The standard InChI is InChI=1S/C40H58N4O4/c45-37(41-33-14-3-1-4-15-33)27-20-22-28(23-21-27)38(46)43-35-18-8-10-29(25-35)30-11-9-19-36(26-30)44-40(48)32-13-7-12-31(24-32)39(47)42-34-16-5-2-6-17-34/h7,12,20,22,24,29-30,32-36H,1-6,8-11,13-19,21,23,25-26H2,(H,41,45)(H,42,47)(H,43,46)(H,44,48). The number of nitrogens with one attached hydrogen (secondary N) is 4. The molecule has 48 heavy (non-hydrogen) atoms. The van der Waals surface area contributed by atoms with Gasteiger partial charge in [-0.05, 0) is 82.5 Å². The third-order valence-electron chi connectivity index (χ3n) is 12.1. The molecule has 0 aliphatic heterocycles. The summed E-state index contributed by atoms with van der Waals surface area (Å²) in [6, 6.07) is 0.875. The fourth-order valence-electron chi connectivity index (χ4n) is 9.23. The Bertz CT molecular complexity index is 1300. The summed E-state index contributed by atoms with van der Waals surface area (Å²) in [7, 11) is 0. The predicted octanol–water partition coefficient (Wildman–Crippen LogP) is 6.38. The van der Waals surface area contributed by atoms with Crippen LogP contribution in [0.3, 0.4) is 0 Å². The number of hydrogen-bond donors (Lipinski definition) is 4. The van der Waals surface area contributed by atoms with Crippen LogP contribution in [0.5, 0.6) is 0 Å². The van der Waals surface area contributed by atoms with Gasteiger partial charge in [0.25, 0.3) is 5.91 Å². The highest BCUT2D eigenvalue weighted by atomic mass is 16.2. The molecular weight excluding hydrogens is 600 g/mol. The van der Waals surface area contributed by atoms with Gasteiger partial charge in [0.05, 0.1) is 5.92 Å². The molecule has 4 N–H and O–H groups in total. The third kappa shape index (κ3) is 9.50. The van der Waals surface area contributed by atoms with E-state index in [1.165, 1.54) is 51.4 Å². The molecule has 0 radical (unpaired) electrons. The van der Waals surface area contributed by atoms with Crippen LogP contribution in [-0.2, 0) is 19.2 Å². The molecule has 262 valence electrons. The van der Waals surface area contributed by atoms with E-state index in [0.717, 1.165) is 75.4 Å². The maximum Gasteiger partial charge on any atom is 0.251 e. The number of carbonyl (C=O) groups excluding carboxylic acids is 4. The topological polar surface area (TPSA) is 116 Å². The smallest absolute Gasteiger partial charge is 0.251 e. The van der Waals surface area contributed by atoms with E-state index in [9.17, 15) is 19.2 Å². The summed E-state index contributed by atoms with van der Waals surface area (Å²) in [5, 5.41) is 13.1.